The number of imide groups is 1. The van der Waals surface area contributed by atoms with Crippen LogP contribution in [0.15, 0.2) is 72.9 Å². The molecule has 2 aliphatic rings. The second kappa shape index (κ2) is 24.4. The van der Waals surface area contributed by atoms with Crippen LogP contribution in [0.2, 0.25) is 23.2 Å². The smallest absolute Gasteiger partial charge is 0.457 e. The number of hydrogen-bond acceptors (Lipinski definition) is 13. The zero-order chi connectivity index (χ0) is 51.6. The third-order valence-electron chi connectivity index (χ3n) is 13.8. The molecule has 0 radical (unpaired) electrons. The van der Waals surface area contributed by atoms with Gasteiger partial charge in [0.05, 0.1) is 38.2 Å². The maximum atomic E-state index is 15.3. The van der Waals surface area contributed by atoms with Crippen molar-refractivity contribution in [3.63, 3.8) is 0 Å². The number of hydrogen-bond donors (Lipinski definition) is 0. The molecule has 0 aliphatic carbocycles. The van der Waals surface area contributed by atoms with Gasteiger partial charge in [-0.1, -0.05) is 75.6 Å². The summed E-state index contributed by atoms with van der Waals surface area (Å²) in [4.78, 5) is 85.3. The average molecular weight is 1020 g/mol. The van der Waals surface area contributed by atoms with Crippen molar-refractivity contribution in [2.45, 2.75) is 163 Å². The van der Waals surface area contributed by atoms with Gasteiger partial charge in [-0.3, -0.25) is 28.9 Å². The number of halogens is 1. The molecule has 0 bridgehead atoms. The van der Waals surface area contributed by atoms with E-state index in [1.165, 1.54) is 24.3 Å². The summed E-state index contributed by atoms with van der Waals surface area (Å²) in [5.41, 5.74) is 1.75. The number of Topliss-reactive ketones (excluding diaryl/α,β-unsaturated/α-hetero) is 1. The normalized spacial score (nSPS) is 22.6. The van der Waals surface area contributed by atoms with E-state index in [9.17, 15) is 24.0 Å². The molecule has 2 aliphatic heterocycles. The molecule has 70 heavy (non-hydrogen) atoms. The number of ether oxygens (including phenoxy) is 4. The molecule has 3 aromatic rings. The summed E-state index contributed by atoms with van der Waals surface area (Å²) in [5.74, 6) is -2.67. The van der Waals surface area contributed by atoms with Gasteiger partial charge in [-0.05, 0) is 126 Å². The first-order valence-corrected chi connectivity index (χ1v) is 28.4. The van der Waals surface area contributed by atoms with Gasteiger partial charge < -0.3 is 23.4 Å². The van der Waals surface area contributed by atoms with E-state index in [0.717, 1.165) is 50.5 Å². The van der Waals surface area contributed by atoms with Crippen LogP contribution < -0.4 is 4.74 Å². The van der Waals surface area contributed by atoms with Crippen LogP contribution in [0.25, 0.3) is 10.2 Å². The van der Waals surface area contributed by atoms with E-state index < -0.39 is 62.5 Å². The van der Waals surface area contributed by atoms with E-state index in [1.807, 2.05) is 25.1 Å². The van der Waals surface area contributed by atoms with Crippen LogP contribution in [0.1, 0.15) is 135 Å². The van der Waals surface area contributed by atoms with Gasteiger partial charge in [0.2, 0.25) is 0 Å². The van der Waals surface area contributed by atoms with Crippen LogP contribution in [0.3, 0.4) is 0 Å². The number of aryl methyl sites for hydroxylation is 1. The maximum Gasteiger partial charge on any atom is 0.508 e. The zero-order valence-corrected chi connectivity index (χ0v) is 45.1. The van der Waals surface area contributed by atoms with E-state index in [-0.39, 0.29) is 58.9 Å². The van der Waals surface area contributed by atoms with Crippen LogP contribution in [-0.2, 0) is 49.2 Å². The summed E-state index contributed by atoms with van der Waals surface area (Å²) in [7, 11) is -2.44. The number of benzene rings is 2. The SMILES string of the molecule is C=CC[C@H]1C(=O)C(C)(C)[C@@H](OC(=O)OCc2ccc(OC(=O)CCCCCN3C(=O)C=CC3=O)c(Cl)c2)CC(=O)O[C@H](c2ccc3sc(C)nc3c2)C/C=C(/C)CCC[C@H](C)[C@@H]1O[Si](C)(C)C(C)(C)C. The summed E-state index contributed by atoms with van der Waals surface area (Å²) in [5, 5.41) is 0.882. The van der Waals surface area contributed by atoms with E-state index in [4.69, 9.17) is 35.0 Å². The number of nitrogens with zero attached hydrogens (tertiary/aromatic N) is 2. The molecule has 0 saturated heterocycles. The number of cyclic esters (lactones) is 1. The Morgan fingerprint density at radius 2 is 1.74 bits per heavy atom. The molecule has 16 heteroatoms. The minimum atomic E-state index is -2.44. The number of carbonyl (C=O) groups is 6. The van der Waals surface area contributed by atoms with Gasteiger partial charge in [-0.2, -0.15) is 0 Å². The number of amides is 2. The van der Waals surface area contributed by atoms with Crippen LogP contribution in [0.5, 0.6) is 5.75 Å². The van der Waals surface area contributed by atoms with Gasteiger partial charge >= 0.3 is 18.1 Å². The summed E-state index contributed by atoms with van der Waals surface area (Å²) in [6.07, 6.45) is 7.20. The monoisotopic (exact) mass is 1020 g/mol. The Labute approximate surface area is 423 Å². The fraction of sp³-hybridized carbons (Fsp3) is 0.537. The number of aromatic nitrogens is 1. The van der Waals surface area contributed by atoms with E-state index in [1.54, 1.807) is 37.3 Å². The lowest BCUT2D eigenvalue weighted by Crippen LogP contribution is -2.52. The lowest BCUT2D eigenvalue weighted by atomic mass is 9.71. The molecule has 0 unspecified atom stereocenters. The van der Waals surface area contributed by atoms with Gasteiger partial charge in [0, 0.05) is 37.5 Å². The minimum Gasteiger partial charge on any atom is -0.457 e. The van der Waals surface area contributed by atoms with Crippen molar-refractivity contribution in [1.82, 2.24) is 9.88 Å². The Bertz CT molecular complexity index is 2450. The number of allylic oxidation sites excluding steroid dienone is 2. The molecule has 2 aromatic carbocycles. The molecule has 380 valence electrons. The second-order valence-corrected chi connectivity index (χ2v) is 27.1. The molecule has 5 atom stereocenters. The first kappa shape index (κ1) is 56.0. The molecule has 3 heterocycles. The van der Waals surface area contributed by atoms with E-state index in [0.29, 0.717) is 37.7 Å². The van der Waals surface area contributed by atoms with Crippen molar-refractivity contribution in [3.8, 4) is 5.75 Å². The zero-order valence-electron chi connectivity index (χ0n) is 42.5. The number of carbonyl (C=O) groups excluding carboxylic acids is 6. The first-order chi connectivity index (χ1) is 32.9. The van der Waals surface area contributed by atoms with Crippen molar-refractivity contribution in [3.05, 3.63) is 94.0 Å². The molecule has 0 saturated carbocycles. The molecule has 0 N–H and O–H groups in total. The molecule has 13 nitrogen and oxygen atoms in total. The number of fused-ring (bicyclic) bond motifs is 1. The van der Waals surface area contributed by atoms with Gasteiger partial charge in [0.15, 0.2) is 8.32 Å². The van der Waals surface area contributed by atoms with Crippen molar-refractivity contribution in [1.29, 1.82) is 0 Å². The molecule has 1 aromatic heterocycles. The molecule has 5 rings (SSSR count). The predicted molar refractivity (Wildman–Crippen MR) is 275 cm³/mol. The summed E-state index contributed by atoms with van der Waals surface area (Å²) >= 11 is 8.10. The fourth-order valence-electron chi connectivity index (χ4n) is 8.46. The summed E-state index contributed by atoms with van der Waals surface area (Å²) < 4.78 is 31.6. The molecular formula is C54H71ClN2O11SSi. The standard InChI is InChI=1S/C54H71ClN2O11SSi/c1-12-17-39-50(68-70(10,11)53(5,6)7)35(3)19-16-18-34(2)21-24-42(38-23-26-44-41(31-38)56-36(4)69-44)65-49(61)32-45(54(8,9)51(39)62)67-52(63)64-33-37-22-25-43(40(55)30-37)66-48(60)20-14-13-15-29-57-46(58)27-28-47(57)59/h12,21-23,25-28,30-31,35,39,42,45,50H,1,13-20,24,29,32-33H2,2-11H3/b34-21-/t35-,39+,42-,45-,50-/m0/s1. The highest BCUT2D eigenvalue weighted by atomic mass is 35.5. The third kappa shape index (κ3) is 15.0. The first-order valence-electron chi connectivity index (χ1n) is 24.3. The molecule has 2 amide bonds. The van der Waals surface area contributed by atoms with Crippen molar-refractivity contribution in [2.75, 3.05) is 6.54 Å². The Hall–Kier alpha value is -4.96. The van der Waals surface area contributed by atoms with Gasteiger partial charge in [0.25, 0.3) is 11.8 Å². The number of unbranched alkanes of at least 4 members (excludes halogenated alkanes) is 2. The number of ketones is 1. The van der Waals surface area contributed by atoms with Crippen LogP contribution >= 0.6 is 22.9 Å². The molecule has 0 fully saturated rings. The largest absolute Gasteiger partial charge is 0.508 e. The highest BCUT2D eigenvalue weighted by molar-refractivity contribution is 7.18. The van der Waals surface area contributed by atoms with Gasteiger partial charge in [0.1, 0.15) is 30.3 Å². The quantitative estimate of drug-likeness (QED) is 0.0354. The topological polar surface area (TPSA) is 165 Å². The number of rotatable bonds is 15. The number of thiazole rings is 1. The van der Waals surface area contributed by atoms with Crippen molar-refractivity contribution < 1.29 is 52.1 Å². The van der Waals surface area contributed by atoms with Gasteiger partial charge in [-0.15, -0.1) is 17.9 Å². The Balaban J connectivity index is 1.36. The molecule has 0 spiro atoms. The predicted octanol–water partition coefficient (Wildman–Crippen LogP) is 12.7. The Kier molecular flexibility index (Phi) is 19.5. The lowest BCUT2D eigenvalue weighted by molar-refractivity contribution is -0.157. The second-order valence-electron chi connectivity index (χ2n) is 20.7. The fourth-order valence-corrected chi connectivity index (χ4v) is 10.9. The highest BCUT2D eigenvalue weighted by Crippen LogP contribution is 2.43. The third-order valence-corrected chi connectivity index (χ3v) is 19.5. The van der Waals surface area contributed by atoms with Gasteiger partial charge in [-0.25, -0.2) is 9.78 Å². The molecular weight excluding hydrogens is 948 g/mol. The van der Waals surface area contributed by atoms with Crippen molar-refractivity contribution >= 4 is 77.2 Å². The van der Waals surface area contributed by atoms with E-state index in [2.05, 4.69) is 65.4 Å². The maximum absolute atomic E-state index is 15.3. The van der Waals surface area contributed by atoms with Crippen LogP contribution in [-0.4, -0.2) is 72.6 Å². The Morgan fingerprint density at radius 1 is 1.03 bits per heavy atom. The number of esters is 2. The van der Waals surface area contributed by atoms with E-state index >= 15 is 4.79 Å². The average Bonchev–Trinajstić information content (AvgIpc) is 3.82. The lowest BCUT2D eigenvalue weighted by Gasteiger charge is -2.45. The summed E-state index contributed by atoms with van der Waals surface area (Å²) in [6, 6.07) is 10.4. The van der Waals surface area contributed by atoms with Crippen molar-refractivity contribution in [2.24, 2.45) is 17.3 Å². The van der Waals surface area contributed by atoms with Crippen LogP contribution in [0, 0.1) is 24.2 Å². The highest BCUT2D eigenvalue weighted by Gasteiger charge is 2.49. The Morgan fingerprint density at radius 3 is 2.41 bits per heavy atom. The summed E-state index contributed by atoms with van der Waals surface area (Å²) in [6.45, 7) is 24.4. The van der Waals surface area contributed by atoms with Crippen LogP contribution in [0.4, 0.5) is 4.79 Å². The minimum absolute atomic E-state index is 0.0210.